The van der Waals surface area contributed by atoms with E-state index in [1.807, 2.05) is 26.1 Å². The number of carbonyl (C=O) groups excluding carboxylic acids is 1. The summed E-state index contributed by atoms with van der Waals surface area (Å²) in [5, 5.41) is 0. The first-order valence-corrected chi connectivity index (χ1v) is 9.29. The second-order valence-electron chi connectivity index (χ2n) is 7.30. The van der Waals surface area contributed by atoms with Crippen molar-refractivity contribution in [2.75, 3.05) is 39.8 Å². The Labute approximate surface area is 156 Å². The number of furan rings is 1. The van der Waals surface area contributed by atoms with E-state index in [9.17, 15) is 4.79 Å². The van der Waals surface area contributed by atoms with Gasteiger partial charge in [-0.3, -0.25) is 14.6 Å². The average Bonchev–Trinajstić information content (AvgIpc) is 3.01. The molecule has 0 radical (unpaired) electrons. The molecule has 0 aliphatic carbocycles. The van der Waals surface area contributed by atoms with E-state index in [0.717, 1.165) is 44.2 Å². The van der Waals surface area contributed by atoms with Crippen molar-refractivity contribution in [2.45, 2.75) is 26.9 Å². The van der Waals surface area contributed by atoms with Crippen LogP contribution in [0, 0.1) is 13.8 Å². The van der Waals surface area contributed by atoms with Crippen LogP contribution in [-0.4, -0.2) is 60.4 Å². The van der Waals surface area contributed by atoms with Crippen LogP contribution in [0.3, 0.4) is 0 Å². The van der Waals surface area contributed by atoms with Crippen LogP contribution in [0.1, 0.15) is 22.6 Å². The molecule has 0 saturated carbocycles. The smallest absolute Gasteiger partial charge is 0.236 e. The molecule has 1 aromatic carbocycles. The Morgan fingerprint density at radius 3 is 2.46 bits per heavy atom. The number of piperazine rings is 1. The first-order valence-electron chi connectivity index (χ1n) is 9.29. The fourth-order valence-corrected chi connectivity index (χ4v) is 3.38. The Morgan fingerprint density at radius 1 is 1.08 bits per heavy atom. The third-order valence-corrected chi connectivity index (χ3v) is 4.93. The Kier molecular flexibility index (Phi) is 6.12. The van der Waals surface area contributed by atoms with Gasteiger partial charge < -0.3 is 9.32 Å². The molecule has 1 fully saturated rings. The molecular formula is C21H29N3O2. The third kappa shape index (κ3) is 5.19. The molecule has 1 amide bonds. The van der Waals surface area contributed by atoms with Crippen LogP contribution < -0.4 is 0 Å². The summed E-state index contributed by atoms with van der Waals surface area (Å²) in [6.45, 7) is 9.92. The Hall–Kier alpha value is -2.11. The van der Waals surface area contributed by atoms with Gasteiger partial charge in [-0.25, -0.2) is 0 Å². The van der Waals surface area contributed by atoms with Crippen molar-refractivity contribution in [3.8, 4) is 0 Å². The fraction of sp³-hybridized carbons (Fsp3) is 0.476. The highest BCUT2D eigenvalue weighted by Crippen LogP contribution is 2.12. The molecule has 2 aromatic rings. The minimum Gasteiger partial charge on any atom is -0.464 e. The number of carbonyl (C=O) groups is 1. The molecule has 3 rings (SSSR count). The number of hydrogen-bond donors (Lipinski definition) is 0. The lowest BCUT2D eigenvalue weighted by molar-refractivity contribution is -0.132. The molecule has 0 unspecified atom stereocenters. The monoisotopic (exact) mass is 355 g/mol. The van der Waals surface area contributed by atoms with Crippen LogP contribution in [0.2, 0.25) is 0 Å². The quantitative estimate of drug-likeness (QED) is 0.799. The molecule has 0 N–H and O–H groups in total. The van der Waals surface area contributed by atoms with Crippen LogP contribution in [-0.2, 0) is 17.9 Å². The molecule has 0 bridgehead atoms. The number of amides is 1. The normalized spacial score (nSPS) is 16.0. The molecule has 1 saturated heterocycles. The number of hydrogen-bond acceptors (Lipinski definition) is 4. The minimum absolute atomic E-state index is 0.145. The summed E-state index contributed by atoms with van der Waals surface area (Å²) in [6, 6.07) is 12.6. The maximum atomic E-state index is 12.5. The topological polar surface area (TPSA) is 39.9 Å². The van der Waals surface area contributed by atoms with Crippen molar-refractivity contribution in [1.29, 1.82) is 0 Å². The first kappa shape index (κ1) is 18.7. The molecule has 1 aliphatic heterocycles. The molecule has 5 heteroatoms. The zero-order valence-corrected chi connectivity index (χ0v) is 16.1. The predicted molar refractivity (Wildman–Crippen MR) is 103 cm³/mol. The predicted octanol–water partition coefficient (Wildman–Crippen LogP) is 2.67. The zero-order chi connectivity index (χ0) is 18.5. The number of nitrogens with zero attached hydrogens (tertiary/aromatic N) is 3. The molecule has 26 heavy (non-hydrogen) atoms. The van der Waals surface area contributed by atoms with Gasteiger partial charge in [-0.15, -0.1) is 0 Å². The number of rotatable bonds is 6. The summed E-state index contributed by atoms with van der Waals surface area (Å²) < 4.78 is 5.56. The molecule has 1 aromatic heterocycles. The molecule has 140 valence electrons. The lowest BCUT2D eigenvalue weighted by Crippen LogP contribution is -2.49. The van der Waals surface area contributed by atoms with Gasteiger partial charge >= 0.3 is 0 Å². The van der Waals surface area contributed by atoms with Gasteiger partial charge in [-0.1, -0.05) is 29.8 Å². The summed E-state index contributed by atoms with van der Waals surface area (Å²) in [5.74, 6) is 1.86. The van der Waals surface area contributed by atoms with Crippen LogP contribution in [0.5, 0.6) is 0 Å². The maximum Gasteiger partial charge on any atom is 0.236 e. The van der Waals surface area contributed by atoms with Crippen molar-refractivity contribution in [3.05, 3.63) is 59.0 Å². The van der Waals surface area contributed by atoms with Gasteiger partial charge in [-0.2, -0.15) is 0 Å². The Bertz CT molecular complexity index is 732. The van der Waals surface area contributed by atoms with E-state index in [1.165, 1.54) is 11.1 Å². The molecule has 0 atom stereocenters. The molecule has 5 nitrogen and oxygen atoms in total. The van der Waals surface area contributed by atoms with E-state index >= 15 is 0 Å². The standard InChI is InChI=1S/C21H29N3O2/c1-17-5-4-6-19(13-17)14-23-9-11-24(12-10-23)16-21(25)22(3)15-20-8-7-18(2)26-20/h4-8,13H,9-12,14-16H2,1-3H3. The Morgan fingerprint density at radius 2 is 1.81 bits per heavy atom. The van der Waals surface area contributed by atoms with E-state index < -0.39 is 0 Å². The third-order valence-electron chi connectivity index (χ3n) is 4.93. The largest absolute Gasteiger partial charge is 0.464 e. The highest BCUT2D eigenvalue weighted by Gasteiger charge is 2.21. The zero-order valence-electron chi connectivity index (χ0n) is 16.1. The van der Waals surface area contributed by atoms with Crippen LogP contribution in [0.25, 0.3) is 0 Å². The highest BCUT2D eigenvalue weighted by molar-refractivity contribution is 5.77. The molecular weight excluding hydrogens is 326 g/mol. The number of aryl methyl sites for hydroxylation is 2. The van der Waals surface area contributed by atoms with E-state index in [-0.39, 0.29) is 5.91 Å². The lowest BCUT2D eigenvalue weighted by atomic mass is 10.1. The summed E-state index contributed by atoms with van der Waals surface area (Å²) in [5.41, 5.74) is 2.67. The SMILES string of the molecule is Cc1cccc(CN2CCN(CC(=O)N(C)Cc3ccc(C)o3)CC2)c1. The van der Waals surface area contributed by atoms with Gasteiger partial charge in [0.1, 0.15) is 11.5 Å². The van der Waals surface area contributed by atoms with Gasteiger partial charge in [0.2, 0.25) is 5.91 Å². The molecule has 0 spiro atoms. The van der Waals surface area contributed by atoms with E-state index in [1.54, 1.807) is 4.90 Å². The van der Waals surface area contributed by atoms with Gasteiger partial charge in [-0.05, 0) is 31.5 Å². The van der Waals surface area contributed by atoms with Gasteiger partial charge in [0, 0.05) is 39.8 Å². The summed E-state index contributed by atoms with van der Waals surface area (Å²) in [4.78, 5) is 18.9. The second-order valence-corrected chi connectivity index (χ2v) is 7.30. The summed E-state index contributed by atoms with van der Waals surface area (Å²) >= 11 is 0. The van der Waals surface area contributed by atoms with Crippen LogP contribution in [0.4, 0.5) is 0 Å². The van der Waals surface area contributed by atoms with E-state index in [0.29, 0.717) is 13.1 Å². The Balaban J connectivity index is 1.42. The summed E-state index contributed by atoms with van der Waals surface area (Å²) in [6.07, 6.45) is 0. The average molecular weight is 355 g/mol. The van der Waals surface area contributed by atoms with Crippen LogP contribution >= 0.6 is 0 Å². The van der Waals surface area contributed by atoms with Crippen molar-refractivity contribution in [1.82, 2.24) is 14.7 Å². The highest BCUT2D eigenvalue weighted by atomic mass is 16.3. The van der Waals surface area contributed by atoms with E-state index in [2.05, 4.69) is 41.0 Å². The molecule has 1 aliphatic rings. The van der Waals surface area contributed by atoms with Crippen molar-refractivity contribution >= 4 is 5.91 Å². The minimum atomic E-state index is 0.145. The first-order chi connectivity index (χ1) is 12.5. The maximum absolute atomic E-state index is 12.5. The van der Waals surface area contributed by atoms with Gasteiger partial charge in [0.15, 0.2) is 0 Å². The lowest BCUT2D eigenvalue weighted by Gasteiger charge is -2.35. The second kappa shape index (κ2) is 8.52. The van der Waals surface area contributed by atoms with E-state index in [4.69, 9.17) is 4.42 Å². The van der Waals surface area contributed by atoms with Crippen molar-refractivity contribution in [3.63, 3.8) is 0 Å². The number of likely N-dealkylation sites (N-methyl/N-ethyl adjacent to an activating group) is 1. The summed E-state index contributed by atoms with van der Waals surface area (Å²) in [7, 11) is 1.84. The number of benzene rings is 1. The van der Waals surface area contributed by atoms with Gasteiger partial charge in [0.05, 0.1) is 13.1 Å². The fourth-order valence-electron chi connectivity index (χ4n) is 3.38. The van der Waals surface area contributed by atoms with Crippen LogP contribution in [0.15, 0.2) is 40.8 Å². The van der Waals surface area contributed by atoms with Crippen molar-refractivity contribution in [2.24, 2.45) is 0 Å². The van der Waals surface area contributed by atoms with Gasteiger partial charge in [0.25, 0.3) is 0 Å². The molecule has 2 heterocycles. The van der Waals surface area contributed by atoms with Crippen molar-refractivity contribution < 1.29 is 9.21 Å².